The second-order valence-electron chi connectivity index (χ2n) is 6.27. The molecule has 1 heterocycles. The lowest BCUT2D eigenvalue weighted by molar-refractivity contribution is 0.354. The molecule has 0 amide bonds. The Bertz CT molecular complexity index is 323. The maximum atomic E-state index is 4.59. The molecule has 0 radical (unpaired) electrons. The zero-order valence-electron chi connectivity index (χ0n) is 13.7. The van der Waals surface area contributed by atoms with Crippen LogP contribution in [-0.4, -0.2) is 9.97 Å². The van der Waals surface area contributed by atoms with Crippen LogP contribution in [-0.2, 0) is 5.41 Å². The highest BCUT2D eigenvalue weighted by molar-refractivity contribution is 5.11. The van der Waals surface area contributed by atoms with Gasteiger partial charge in [0, 0.05) is 24.0 Å². The molecule has 0 fully saturated rings. The number of nitrogens with zero attached hydrogens (tertiary/aromatic N) is 2. The monoisotopic (exact) mass is 276 g/mol. The lowest BCUT2D eigenvalue weighted by Gasteiger charge is -2.29. The molecule has 0 N–H and O–H groups in total. The van der Waals surface area contributed by atoms with E-state index in [0.717, 1.165) is 0 Å². The number of unbranched alkanes of at least 4 members (excludes halogenated alkanes) is 6. The van der Waals surface area contributed by atoms with Gasteiger partial charge in [0.05, 0.1) is 5.69 Å². The van der Waals surface area contributed by atoms with Crippen molar-refractivity contribution in [2.45, 2.75) is 90.4 Å². The standard InChI is InChI=1S/C18H32N2/c1-4-6-8-10-12-18(3,13-11-9-7-5-2)17-16-19-14-15-20-17/h14-16H,4-13H2,1-3H3. The fourth-order valence-corrected chi connectivity index (χ4v) is 2.88. The fraction of sp³-hybridized carbons (Fsp3) is 0.778. The summed E-state index contributed by atoms with van der Waals surface area (Å²) >= 11 is 0. The Hall–Kier alpha value is -0.920. The van der Waals surface area contributed by atoms with E-state index < -0.39 is 0 Å². The Morgan fingerprint density at radius 1 is 0.850 bits per heavy atom. The van der Waals surface area contributed by atoms with Gasteiger partial charge in [-0.3, -0.25) is 9.97 Å². The van der Waals surface area contributed by atoms with Crippen LogP contribution in [0.5, 0.6) is 0 Å². The molecule has 0 aliphatic rings. The molecule has 0 aromatic carbocycles. The van der Waals surface area contributed by atoms with E-state index in [9.17, 15) is 0 Å². The van der Waals surface area contributed by atoms with Gasteiger partial charge in [0.25, 0.3) is 0 Å². The number of hydrogen-bond donors (Lipinski definition) is 0. The second-order valence-corrected chi connectivity index (χ2v) is 6.27. The van der Waals surface area contributed by atoms with Crippen LogP contribution in [0.4, 0.5) is 0 Å². The molecule has 0 bridgehead atoms. The van der Waals surface area contributed by atoms with Crippen LogP contribution in [0, 0.1) is 0 Å². The van der Waals surface area contributed by atoms with Crippen molar-refractivity contribution in [3.05, 3.63) is 24.3 Å². The van der Waals surface area contributed by atoms with E-state index in [2.05, 4.69) is 30.7 Å². The van der Waals surface area contributed by atoms with Gasteiger partial charge in [-0.25, -0.2) is 0 Å². The lowest BCUT2D eigenvalue weighted by atomic mass is 9.77. The maximum absolute atomic E-state index is 4.59. The number of aromatic nitrogens is 2. The summed E-state index contributed by atoms with van der Waals surface area (Å²) in [6.45, 7) is 6.92. The molecular formula is C18H32N2. The van der Waals surface area contributed by atoms with Crippen molar-refractivity contribution in [3.63, 3.8) is 0 Å². The molecule has 0 spiro atoms. The molecule has 2 heteroatoms. The van der Waals surface area contributed by atoms with Gasteiger partial charge in [0.15, 0.2) is 0 Å². The quantitative estimate of drug-likeness (QED) is 0.486. The Labute approximate surface area is 125 Å². The average molecular weight is 276 g/mol. The summed E-state index contributed by atoms with van der Waals surface area (Å²) in [6.07, 6.45) is 18.7. The van der Waals surface area contributed by atoms with Gasteiger partial charge in [-0.2, -0.15) is 0 Å². The second kappa shape index (κ2) is 9.90. The van der Waals surface area contributed by atoms with Gasteiger partial charge in [0.1, 0.15) is 0 Å². The van der Waals surface area contributed by atoms with E-state index in [4.69, 9.17) is 0 Å². The molecule has 20 heavy (non-hydrogen) atoms. The van der Waals surface area contributed by atoms with Crippen LogP contribution in [0.3, 0.4) is 0 Å². The molecule has 114 valence electrons. The first-order chi connectivity index (χ1) is 9.73. The van der Waals surface area contributed by atoms with Crippen LogP contribution < -0.4 is 0 Å². The predicted octanol–water partition coefficient (Wildman–Crippen LogP) is 5.68. The Kier molecular flexibility index (Phi) is 8.48. The Morgan fingerprint density at radius 2 is 1.45 bits per heavy atom. The molecular weight excluding hydrogens is 244 g/mol. The van der Waals surface area contributed by atoms with Crippen molar-refractivity contribution in [2.75, 3.05) is 0 Å². The molecule has 1 rings (SSSR count). The van der Waals surface area contributed by atoms with Crippen LogP contribution >= 0.6 is 0 Å². The minimum atomic E-state index is 0.218. The number of hydrogen-bond acceptors (Lipinski definition) is 2. The van der Waals surface area contributed by atoms with Gasteiger partial charge < -0.3 is 0 Å². The third kappa shape index (κ3) is 6.02. The predicted molar refractivity (Wildman–Crippen MR) is 86.9 cm³/mol. The Morgan fingerprint density at radius 3 is 1.90 bits per heavy atom. The van der Waals surface area contributed by atoms with Gasteiger partial charge in [0.2, 0.25) is 0 Å². The summed E-state index contributed by atoms with van der Waals surface area (Å²) in [7, 11) is 0. The fourth-order valence-electron chi connectivity index (χ4n) is 2.88. The molecule has 0 saturated heterocycles. The average Bonchev–Trinajstić information content (AvgIpc) is 2.49. The normalized spacial score (nSPS) is 11.8. The molecule has 2 nitrogen and oxygen atoms in total. The maximum Gasteiger partial charge on any atom is 0.0645 e. The van der Waals surface area contributed by atoms with Gasteiger partial charge in [-0.1, -0.05) is 72.1 Å². The molecule has 1 aromatic heterocycles. The zero-order valence-corrected chi connectivity index (χ0v) is 13.7. The van der Waals surface area contributed by atoms with E-state index in [1.165, 1.54) is 69.9 Å². The molecule has 0 atom stereocenters. The molecule has 1 aromatic rings. The van der Waals surface area contributed by atoms with Crippen LogP contribution in [0.2, 0.25) is 0 Å². The van der Waals surface area contributed by atoms with Gasteiger partial charge in [-0.05, 0) is 12.8 Å². The van der Waals surface area contributed by atoms with E-state index in [1.54, 1.807) is 6.20 Å². The van der Waals surface area contributed by atoms with E-state index in [-0.39, 0.29) is 5.41 Å². The molecule has 0 saturated carbocycles. The third-order valence-electron chi connectivity index (χ3n) is 4.35. The van der Waals surface area contributed by atoms with Crippen molar-refractivity contribution < 1.29 is 0 Å². The third-order valence-corrected chi connectivity index (χ3v) is 4.35. The highest BCUT2D eigenvalue weighted by atomic mass is 14.8. The van der Waals surface area contributed by atoms with Crippen LogP contribution in [0.25, 0.3) is 0 Å². The first-order valence-electron chi connectivity index (χ1n) is 8.49. The SMILES string of the molecule is CCCCCCC(C)(CCCCCC)c1cnccn1. The Balaban J connectivity index is 2.57. The largest absolute Gasteiger partial charge is 0.261 e. The van der Waals surface area contributed by atoms with E-state index >= 15 is 0 Å². The summed E-state index contributed by atoms with van der Waals surface area (Å²) in [5.74, 6) is 0. The van der Waals surface area contributed by atoms with E-state index in [0.29, 0.717) is 0 Å². The van der Waals surface area contributed by atoms with Crippen molar-refractivity contribution in [1.29, 1.82) is 0 Å². The van der Waals surface area contributed by atoms with Crippen molar-refractivity contribution in [2.24, 2.45) is 0 Å². The molecule has 0 aliphatic carbocycles. The van der Waals surface area contributed by atoms with Crippen LogP contribution in [0.1, 0.15) is 90.7 Å². The zero-order chi connectivity index (χ0) is 14.7. The summed E-state index contributed by atoms with van der Waals surface area (Å²) in [4.78, 5) is 8.86. The topological polar surface area (TPSA) is 25.8 Å². The summed E-state index contributed by atoms with van der Waals surface area (Å²) in [5, 5.41) is 0. The van der Waals surface area contributed by atoms with E-state index in [1.807, 2.05) is 12.4 Å². The first kappa shape index (κ1) is 17.1. The van der Waals surface area contributed by atoms with Crippen molar-refractivity contribution >= 4 is 0 Å². The first-order valence-corrected chi connectivity index (χ1v) is 8.49. The van der Waals surface area contributed by atoms with Crippen molar-refractivity contribution in [3.8, 4) is 0 Å². The minimum Gasteiger partial charge on any atom is -0.261 e. The summed E-state index contributed by atoms with van der Waals surface area (Å²) < 4.78 is 0. The lowest BCUT2D eigenvalue weighted by Crippen LogP contribution is -2.23. The van der Waals surface area contributed by atoms with Gasteiger partial charge in [-0.15, -0.1) is 0 Å². The smallest absolute Gasteiger partial charge is 0.0645 e. The summed E-state index contributed by atoms with van der Waals surface area (Å²) in [6, 6.07) is 0. The van der Waals surface area contributed by atoms with Gasteiger partial charge >= 0.3 is 0 Å². The number of rotatable bonds is 11. The molecule has 0 unspecified atom stereocenters. The van der Waals surface area contributed by atoms with Crippen LogP contribution in [0.15, 0.2) is 18.6 Å². The highest BCUT2D eigenvalue weighted by Crippen LogP contribution is 2.33. The molecule has 0 aliphatic heterocycles. The minimum absolute atomic E-state index is 0.218. The highest BCUT2D eigenvalue weighted by Gasteiger charge is 2.27. The summed E-state index contributed by atoms with van der Waals surface area (Å²) in [5.41, 5.74) is 1.41. The van der Waals surface area contributed by atoms with Crippen molar-refractivity contribution in [1.82, 2.24) is 9.97 Å².